The quantitative estimate of drug-likeness (QED) is 0.680. The van der Waals surface area contributed by atoms with Crippen molar-refractivity contribution in [3.05, 3.63) is 58.6 Å². The van der Waals surface area contributed by atoms with Gasteiger partial charge < -0.3 is 10.2 Å². The van der Waals surface area contributed by atoms with Gasteiger partial charge in [0.25, 0.3) is 11.8 Å². The fourth-order valence-electron chi connectivity index (χ4n) is 4.41. The molecular weight excluding hydrogens is 462 g/mol. The predicted molar refractivity (Wildman–Crippen MR) is 128 cm³/mol. The van der Waals surface area contributed by atoms with E-state index in [1.165, 1.54) is 22.5 Å². The fourth-order valence-corrected chi connectivity index (χ4v) is 6.51. The maximum Gasteiger partial charge on any atom is 0.255 e. The van der Waals surface area contributed by atoms with Crippen LogP contribution in [0.25, 0.3) is 0 Å². The fraction of sp³-hybridized carbons (Fsp3) is 0.417. The Bertz CT molecular complexity index is 1160. The number of piperidine rings is 1. The molecule has 0 radical (unpaired) electrons. The van der Waals surface area contributed by atoms with E-state index in [0.717, 1.165) is 25.7 Å². The second-order valence-electron chi connectivity index (χ2n) is 8.75. The zero-order valence-electron chi connectivity index (χ0n) is 18.6. The van der Waals surface area contributed by atoms with Crippen molar-refractivity contribution < 1.29 is 18.0 Å². The number of rotatable bonds is 5. The normalized spacial score (nSPS) is 19.5. The second kappa shape index (κ2) is 9.83. The van der Waals surface area contributed by atoms with Gasteiger partial charge in [0.1, 0.15) is 4.90 Å². The van der Waals surface area contributed by atoms with E-state index in [0.29, 0.717) is 37.4 Å². The zero-order chi connectivity index (χ0) is 23.6. The van der Waals surface area contributed by atoms with E-state index in [9.17, 15) is 18.0 Å². The van der Waals surface area contributed by atoms with Crippen LogP contribution in [0.1, 0.15) is 53.3 Å². The number of carbonyl (C=O) groups is 2. The number of benzene rings is 2. The third kappa shape index (κ3) is 5.08. The molecule has 2 fully saturated rings. The van der Waals surface area contributed by atoms with E-state index in [-0.39, 0.29) is 27.3 Å². The lowest BCUT2D eigenvalue weighted by atomic mass is 10.0. The first kappa shape index (κ1) is 23.7. The van der Waals surface area contributed by atoms with Crippen LogP contribution in [0.2, 0.25) is 5.02 Å². The summed E-state index contributed by atoms with van der Waals surface area (Å²) in [5.74, 6) is -0.359. The van der Waals surface area contributed by atoms with Crippen LogP contribution in [0.15, 0.2) is 47.4 Å². The summed E-state index contributed by atoms with van der Waals surface area (Å²) in [6, 6.07) is 11.1. The molecule has 176 valence electrons. The van der Waals surface area contributed by atoms with Gasteiger partial charge >= 0.3 is 0 Å². The standard InChI is InChI=1S/C24H28ClN3O4S/c1-17-7-6-14-28(16-17)33(31,32)22-15-18(10-11-20(22)25)23(29)26-21-9-3-2-8-19(21)24(30)27-12-4-5-13-27/h2-3,8-11,15,17H,4-7,12-14,16H2,1H3,(H,26,29). The highest BCUT2D eigenvalue weighted by Crippen LogP contribution is 2.29. The number of hydrogen-bond acceptors (Lipinski definition) is 4. The molecule has 1 unspecified atom stereocenters. The monoisotopic (exact) mass is 489 g/mol. The topological polar surface area (TPSA) is 86.8 Å². The number of halogens is 1. The van der Waals surface area contributed by atoms with Gasteiger partial charge in [0.05, 0.1) is 16.3 Å². The number of likely N-dealkylation sites (tertiary alicyclic amines) is 1. The highest BCUT2D eigenvalue weighted by Gasteiger charge is 2.31. The van der Waals surface area contributed by atoms with Crippen molar-refractivity contribution in [1.82, 2.24) is 9.21 Å². The number of nitrogens with one attached hydrogen (secondary N) is 1. The Balaban J connectivity index is 1.59. The Morgan fingerprint density at radius 2 is 1.76 bits per heavy atom. The highest BCUT2D eigenvalue weighted by molar-refractivity contribution is 7.89. The minimum atomic E-state index is -3.83. The van der Waals surface area contributed by atoms with E-state index in [1.807, 2.05) is 6.92 Å². The molecule has 33 heavy (non-hydrogen) atoms. The predicted octanol–water partition coefficient (Wildman–Crippen LogP) is 4.25. The Kier molecular flexibility index (Phi) is 7.07. The van der Waals surface area contributed by atoms with Gasteiger partial charge in [-0.2, -0.15) is 4.31 Å². The Labute approximate surface area is 199 Å². The Morgan fingerprint density at radius 3 is 2.48 bits per heavy atom. The molecule has 1 atom stereocenters. The van der Waals surface area contributed by atoms with Crippen molar-refractivity contribution in [1.29, 1.82) is 0 Å². The summed E-state index contributed by atoms with van der Waals surface area (Å²) in [7, 11) is -3.83. The second-order valence-corrected chi connectivity index (χ2v) is 11.1. The molecule has 0 aliphatic carbocycles. The molecule has 9 heteroatoms. The molecule has 4 rings (SSSR count). The molecule has 2 aromatic carbocycles. The average molecular weight is 490 g/mol. The molecule has 2 aliphatic heterocycles. The van der Waals surface area contributed by atoms with E-state index in [1.54, 1.807) is 29.2 Å². The van der Waals surface area contributed by atoms with Gasteiger partial charge in [-0.3, -0.25) is 9.59 Å². The number of para-hydroxylation sites is 1. The SMILES string of the molecule is CC1CCCN(S(=O)(=O)c2cc(C(=O)Nc3ccccc3C(=O)N3CCCC3)ccc2Cl)C1. The van der Waals surface area contributed by atoms with Crippen LogP contribution in [0.3, 0.4) is 0 Å². The van der Waals surface area contributed by atoms with E-state index in [4.69, 9.17) is 11.6 Å². The summed E-state index contributed by atoms with van der Waals surface area (Å²) in [6.45, 7) is 4.30. The molecule has 2 amide bonds. The lowest BCUT2D eigenvalue weighted by Crippen LogP contribution is -2.39. The molecule has 2 saturated heterocycles. The molecule has 0 saturated carbocycles. The Hall–Kier alpha value is -2.42. The van der Waals surface area contributed by atoms with Crippen LogP contribution in [-0.2, 0) is 10.0 Å². The van der Waals surface area contributed by atoms with Crippen LogP contribution >= 0.6 is 11.6 Å². The number of amides is 2. The summed E-state index contributed by atoms with van der Waals surface area (Å²) >= 11 is 6.25. The molecule has 2 aromatic rings. The van der Waals surface area contributed by atoms with Crippen LogP contribution in [0.5, 0.6) is 0 Å². The van der Waals surface area contributed by atoms with Gasteiger partial charge in [0, 0.05) is 31.7 Å². The first-order valence-corrected chi connectivity index (χ1v) is 13.1. The summed E-state index contributed by atoms with van der Waals surface area (Å²) in [6.07, 6.45) is 3.72. The first-order valence-electron chi connectivity index (χ1n) is 11.3. The molecule has 1 N–H and O–H groups in total. The first-order chi connectivity index (χ1) is 15.8. The number of hydrogen-bond donors (Lipinski definition) is 1. The van der Waals surface area contributed by atoms with Crippen molar-refractivity contribution in [2.45, 2.75) is 37.5 Å². The van der Waals surface area contributed by atoms with Crippen LogP contribution in [0.4, 0.5) is 5.69 Å². The van der Waals surface area contributed by atoms with E-state index >= 15 is 0 Å². The molecule has 2 aliphatic rings. The zero-order valence-corrected chi connectivity index (χ0v) is 20.2. The van der Waals surface area contributed by atoms with Crippen molar-refractivity contribution in [3.8, 4) is 0 Å². The van der Waals surface area contributed by atoms with Crippen molar-refractivity contribution in [3.63, 3.8) is 0 Å². The number of sulfonamides is 1. The summed E-state index contributed by atoms with van der Waals surface area (Å²) in [5, 5.41) is 2.86. The average Bonchev–Trinajstić information content (AvgIpc) is 3.34. The lowest BCUT2D eigenvalue weighted by molar-refractivity contribution is 0.0794. The van der Waals surface area contributed by atoms with Gasteiger partial charge in [-0.15, -0.1) is 0 Å². The van der Waals surface area contributed by atoms with Crippen molar-refractivity contribution >= 4 is 39.1 Å². The molecule has 7 nitrogen and oxygen atoms in total. The van der Waals surface area contributed by atoms with Crippen LogP contribution in [-0.4, -0.2) is 55.6 Å². The van der Waals surface area contributed by atoms with Gasteiger partial charge in [-0.25, -0.2) is 8.42 Å². The molecule has 0 aromatic heterocycles. The number of carbonyl (C=O) groups excluding carboxylic acids is 2. The van der Waals surface area contributed by atoms with E-state index < -0.39 is 15.9 Å². The highest BCUT2D eigenvalue weighted by atomic mass is 35.5. The van der Waals surface area contributed by atoms with Crippen molar-refractivity contribution in [2.75, 3.05) is 31.5 Å². The lowest BCUT2D eigenvalue weighted by Gasteiger charge is -2.30. The van der Waals surface area contributed by atoms with Gasteiger partial charge in [-0.05, 0) is 61.9 Å². The van der Waals surface area contributed by atoms with Gasteiger partial charge in [0.15, 0.2) is 0 Å². The third-order valence-electron chi connectivity index (χ3n) is 6.23. The molecule has 2 heterocycles. The smallest absolute Gasteiger partial charge is 0.255 e. The van der Waals surface area contributed by atoms with Gasteiger partial charge in [-0.1, -0.05) is 30.7 Å². The molecule has 0 bridgehead atoms. The van der Waals surface area contributed by atoms with Gasteiger partial charge in [0.2, 0.25) is 10.0 Å². The molecule has 0 spiro atoms. The van der Waals surface area contributed by atoms with E-state index in [2.05, 4.69) is 5.32 Å². The third-order valence-corrected chi connectivity index (χ3v) is 8.58. The summed E-state index contributed by atoms with van der Waals surface area (Å²) in [4.78, 5) is 27.6. The maximum atomic E-state index is 13.2. The summed E-state index contributed by atoms with van der Waals surface area (Å²) in [5.41, 5.74) is 0.965. The number of anilines is 1. The Morgan fingerprint density at radius 1 is 1.03 bits per heavy atom. The van der Waals surface area contributed by atoms with Crippen molar-refractivity contribution in [2.24, 2.45) is 5.92 Å². The molecular formula is C24H28ClN3O4S. The minimum Gasteiger partial charge on any atom is -0.339 e. The van der Waals surface area contributed by atoms with Crippen LogP contribution < -0.4 is 5.32 Å². The van der Waals surface area contributed by atoms with Crippen LogP contribution in [0, 0.1) is 5.92 Å². The largest absolute Gasteiger partial charge is 0.339 e. The maximum absolute atomic E-state index is 13.2. The minimum absolute atomic E-state index is 0.0765. The number of nitrogens with zero attached hydrogens (tertiary/aromatic N) is 2. The summed E-state index contributed by atoms with van der Waals surface area (Å²) < 4.78 is 27.9.